The third-order valence-corrected chi connectivity index (χ3v) is 8.19. The van der Waals surface area contributed by atoms with Gasteiger partial charge in [-0.2, -0.15) is 0 Å². The van der Waals surface area contributed by atoms with E-state index < -0.39 is 0 Å². The third-order valence-electron chi connectivity index (χ3n) is 7.19. The molecule has 7 heteroatoms. The maximum absolute atomic E-state index is 13.5. The van der Waals surface area contributed by atoms with Crippen LogP contribution in [0.25, 0.3) is 0 Å². The minimum atomic E-state index is -0.0335. The molecule has 2 aliphatic rings. The van der Waals surface area contributed by atoms with Crippen LogP contribution < -0.4 is 4.74 Å². The second-order valence-corrected chi connectivity index (χ2v) is 10.5. The van der Waals surface area contributed by atoms with Gasteiger partial charge in [-0.05, 0) is 60.0 Å². The summed E-state index contributed by atoms with van der Waals surface area (Å²) in [5.41, 5.74) is 3.86. The molecule has 5 rings (SSSR count). The van der Waals surface area contributed by atoms with Crippen molar-refractivity contribution in [1.29, 1.82) is 0 Å². The second kappa shape index (κ2) is 11.3. The predicted molar refractivity (Wildman–Crippen MR) is 142 cm³/mol. The van der Waals surface area contributed by atoms with Gasteiger partial charge in [-0.3, -0.25) is 14.5 Å². The molecule has 1 atom stereocenters. The topological polar surface area (TPSA) is 53.1 Å². The summed E-state index contributed by atoms with van der Waals surface area (Å²) in [6.07, 6.45) is 1.76. The van der Waals surface area contributed by atoms with E-state index in [2.05, 4.69) is 47.5 Å². The number of amides is 2. The van der Waals surface area contributed by atoms with E-state index in [1.54, 1.807) is 0 Å². The van der Waals surface area contributed by atoms with Gasteiger partial charge in [0.15, 0.2) is 6.61 Å². The molecule has 36 heavy (non-hydrogen) atoms. The molecule has 0 unspecified atom stereocenters. The Morgan fingerprint density at radius 2 is 1.58 bits per heavy atom. The Kier molecular flexibility index (Phi) is 7.68. The van der Waals surface area contributed by atoms with Crippen LogP contribution in [0.15, 0.2) is 66.0 Å². The van der Waals surface area contributed by atoms with E-state index in [0.717, 1.165) is 19.4 Å². The van der Waals surface area contributed by atoms with Crippen molar-refractivity contribution in [1.82, 2.24) is 14.7 Å². The second-order valence-electron chi connectivity index (χ2n) is 9.50. The summed E-state index contributed by atoms with van der Waals surface area (Å²) in [5, 5.41) is 2.17. The molecular weight excluding hydrogens is 470 g/mol. The van der Waals surface area contributed by atoms with Gasteiger partial charge in [0, 0.05) is 37.6 Å². The number of carbonyl (C=O) groups is 2. The molecular formula is C29H33N3O3S. The fraction of sp³-hybridized carbons (Fsp3) is 0.379. The Balaban J connectivity index is 1.21. The Bertz CT molecular complexity index is 1200. The number of carbonyl (C=O) groups excluding carboxylic acids is 2. The first-order valence-corrected chi connectivity index (χ1v) is 13.6. The smallest absolute Gasteiger partial charge is 0.260 e. The number of rotatable bonds is 6. The Morgan fingerprint density at radius 3 is 2.36 bits per heavy atom. The van der Waals surface area contributed by atoms with E-state index in [9.17, 15) is 9.59 Å². The molecule has 2 aliphatic heterocycles. The highest BCUT2D eigenvalue weighted by Crippen LogP contribution is 2.38. The van der Waals surface area contributed by atoms with Gasteiger partial charge in [-0.1, -0.05) is 42.5 Å². The van der Waals surface area contributed by atoms with Crippen molar-refractivity contribution in [3.05, 3.63) is 87.6 Å². The van der Waals surface area contributed by atoms with Crippen molar-refractivity contribution in [2.75, 3.05) is 45.9 Å². The molecule has 0 spiro atoms. The standard InChI is InChI=1S/C29H33N3O3S/c1-22-8-5-6-11-24(22)29-25-13-19-36-26(25)12-16-32(29)20-27(33)30-14-7-15-31(18-17-30)28(34)21-35-23-9-3-2-4-10-23/h2-6,8-11,13,19,29H,7,12,14-18,20-21H2,1H3/t29-/m0/s1. The average molecular weight is 504 g/mol. The summed E-state index contributed by atoms with van der Waals surface area (Å²) in [5.74, 6) is 0.798. The summed E-state index contributed by atoms with van der Waals surface area (Å²) < 4.78 is 5.64. The van der Waals surface area contributed by atoms with Crippen LogP contribution in [0.5, 0.6) is 5.75 Å². The van der Waals surface area contributed by atoms with Crippen LogP contribution in [-0.4, -0.2) is 72.4 Å². The van der Waals surface area contributed by atoms with Gasteiger partial charge >= 0.3 is 0 Å². The monoisotopic (exact) mass is 503 g/mol. The first kappa shape index (κ1) is 24.5. The van der Waals surface area contributed by atoms with Crippen molar-refractivity contribution in [3.8, 4) is 5.75 Å². The zero-order valence-electron chi connectivity index (χ0n) is 20.8. The number of para-hydroxylation sites is 1. The molecule has 0 saturated carbocycles. The van der Waals surface area contributed by atoms with Crippen LogP contribution in [0.1, 0.15) is 34.0 Å². The molecule has 1 saturated heterocycles. The van der Waals surface area contributed by atoms with E-state index in [1.165, 1.54) is 21.6 Å². The molecule has 188 valence electrons. The quantitative estimate of drug-likeness (QED) is 0.507. The van der Waals surface area contributed by atoms with Crippen molar-refractivity contribution in [3.63, 3.8) is 0 Å². The van der Waals surface area contributed by atoms with E-state index >= 15 is 0 Å². The zero-order chi connectivity index (χ0) is 24.9. The summed E-state index contributed by atoms with van der Waals surface area (Å²) in [6.45, 7) is 5.85. The largest absolute Gasteiger partial charge is 0.484 e. The molecule has 2 aromatic carbocycles. The number of fused-ring (bicyclic) bond motifs is 1. The molecule has 1 fully saturated rings. The number of hydrogen-bond acceptors (Lipinski definition) is 5. The highest BCUT2D eigenvalue weighted by Gasteiger charge is 2.33. The molecule has 2 amide bonds. The van der Waals surface area contributed by atoms with Crippen LogP contribution in [-0.2, 0) is 16.0 Å². The summed E-state index contributed by atoms with van der Waals surface area (Å²) in [6, 6.07) is 20.2. The number of nitrogens with zero attached hydrogens (tertiary/aromatic N) is 3. The average Bonchev–Trinajstić information content (AvgIpc) is 3.24. The minimum Gasteiger partial charge on any atom is -0.484 e. The molecule has 0 radical (unpaired) electrons. The van der Waals surface area contributed by atoms with Gasteiger partial charge in [-0.15, -0.1) is 11.3 Å². The van der Waals surface area contributed by atoms with Crippen LogP contribution in [0, 0.1) is 6.92 Å². The number of aryl methyl sites for hydroxylation is 1. The molecule has 0 bridgehead atoms. The van der Waals surface area contributed by atoms with E-state index in [0.29, 0.717) is 38.5 Å². The molecule has 0 aliphatic carbocycles. The normalized spacial score (nSPS) is 18.4. The Labute approximate surface area is 217 Å². The van der Waals surface area contributed by atoms with E-state index in [-0.39, 0.29) is 24.5 Å². The van der Waals surface area contributed by atoms with E-state index in [1.807, 2.05) is 51.5 Å². The molecule has 0 N–H and O–H groups in total. The maximum atomic E-state index is 13.5. The molecule has 6 nitrogen and oxygen atoms in total. The van der Waals surface area contributed by atoms with Crippen LogP contribution in [0.4, 0.5) is 0 Å². The zero-order valence-corrected chi connectivity index (χ0v) is 21.6. The maximum Gasteiger partial charge on any atom is 0.260 e. The van der Waals surface area contributed by atoms with Crippen molar-refractivity contribution < 1.29 is 14.3 Å². The van der Waals surface area contributed by atoms with Gasteiger partial charge in [0.05, 0.1) is 12.6 Å². The lowest BCUT2D eigenvalue weighted by Gasteiger charge is -2.37. The van der Waals surface area contributed by atoms with Gasteiger partial charge in [0.2, 0.25) is 5.91 Å². The van der Waals surface area contributed by atoms with Crippen molar-refractivity contribution in [2.45, 2.75) is 25.8 Å². The minimum absolute atomic E-state index is 0.0207. The third kappa shape index (κ3) is 5.47. The highest BCUT2D eigenvalue weighted by atomic mass is 32.1. The Morgan fingerprint density at radius 1 is 0.861 bits per heavy atom. The van der Waals surface area contributed by atoms with Gasteiger partial charge in [0.1, 0.15) is 5.75 Å². The van der Waals surface area contributed by atoms with Gasteiger partial charge in [-0.25, -0.2) is 0 Å². The lowest BCUT2D eigenvalue weighted by molar-refractivity contribution is -0.135. The summed E-state index contributed by atoms with van der Waals surface area (Å²) in [7, 11) is 0. The number of ether oxygens (including phenoxy) is 1. The van der Waals surface area contributed by atoms with E-state index in [4.69, 9.17) is 4.74 Å². The highest BCUT2D eigenvalue weighted by molar-refractivity contribution is 7.10. The Hall–Kier alpha value is -3.16. The van der Waals surface area contributed by atoms with Crippen molar-refractivity contribution in [2.24, 2.45) is 0 Å². The summed E-state index contributed by atoms with van der Waals surface area (Å²) >= 11 is 1.82. The van der Waals surface area contributed by atoms with Gasteiger partial charge < -0.3 is 14.5 Å². The fourth-order valence-corrected chi connectivity index (χ4v) is 6.14. The lowest BCUT2D eigenvalue weighted by Crippen LogP contribution is -2.46. The first-order chi connectivity index (χ1) is 17.6. The number of thiophene rings is 1. The molecule has 1 aromatic heterocycles. The first-order valence-electron chi connectivity index (χ1n) is 12.7. The van der Waals surface area contributed by atoms with Gasteiger partial charge in [0.25, 0.3) is 5.91 Å². The number of hydrogen-bond donors (Lipinski definition) is 0. The van der Waals surface area contributed by atoms with Crippen LogP contribution in [0.3, 0.4) is 0 Å². The predicted octanol–water partition coefficient (Wildman–Crippen LogP) is 4.14. The molecule has 3 heterocycles. The number of benzene rings is 2. The SMILES string of the molecule is Cc1ccccc1[C@H]1c2ccsc2CCN1CC(=O)N1CCCN(C(=O)COc2ccccc2)CC1. The van der Waals surface area contributed by atoms with Crippen LogP contribution >= 0.6 is 11.3 Å². The molecule has 3 aromatic rings. The summed E-state index contributed by atoms with van der Waals surface area (Å²) in [4.78, 5) is 33.7. The fourth-order valence-electron chi connectivity index (χ4n) is 5.24. The lowest BCUT2D eigenvalue weighted by atomic mass is 9.90. The van der Waals surface area contributed by atoms with Crippen LogP contribution in [0.2, 0.25) is 0 Å². The van der Waals surface area contributed by atoms with Crippen molar-refractivity contribution >= 4 is 23.2 Å².